The lowest BCUT2D eigenvalue weighted by Crippen LogP contribution is -2.40. The number of nitrogens with one attached hydrogen (secondary N) is 1. The highest BCUT2D eigenvalue weighted by atomic mass is 32.2. The van der Waals surface area contributed by atoms with Crippen molar-refractivity contribution in [1.82, 2.24) is 19.4 Å². The van der Waals surface area contributed by atoms with E-state index in [1.54, 1.807) is 42.6 Å². The molecule has 31 heavy (non-hydrogen) atoms. The Bertz CT molecular complexity index is 1110. The molecule has 1 amide bonds. The molecule has 2 heterocycles. The van der Waals surface area contributed by atoms with Gasteiger partial charge in [0.15, 0.2) is 0 Å². The van der Waals surface area contributed by atoms with Crippen molar-refractivity contribution in [3.8, 4) is 0 Å². The summed E-state index contributed by atoms with van der Waals surface area (Å²) in [5.74, 6) is -0.185. The summed E-state index contributed by atoms with van der Waals surface area (Å²) in [5, 5.41) is 7.04. The Balaban J connectivity index is 1.33. The highest BCUT2D eigenvalue weighted by Crippen LogP contribution is 2.18. The van der Waals surface area contributed by atoms with Gasteiger partial charge in [-0.3, -0.25) is 9.48 Å². The van der Waals surface area contributed by atoms with Crippen LogP contribution in [0.1, 0.15) is 21.5 Å². The lowest BCUT2D eigenvalue weighted by Gasteiger charge is -2.26. The Morgan fingerprint density at radius 2 is 1.68 bits per heavy atom. The number of hydrogen-bond acceptors (Lipinski definition) is 5. The number of carbonyl (C=O) groups is 1. The molecule has 0 radical (unpaired) electrons. The van der Waals surface area contributed by atoms with E-state index in [1.807, 2.05) is 29.1 Å². The number of ether oxygens (including phenoxy) is 1. The molecule has 1 aromatic heterocycles. The van der Waals surface area contributed by atoms with E-state index in [-0.39, 0.29) is 10.8 Å². The number of hydrogen-bond donors (Lipinski definition) is 1. The van der Waals surface area contributed by atoms with Crippen LogP contribution in [0.15, 0.2) is 71.9 Å². The fraction of sp³-hybridized carbons (Fsp3) is 0.273. The molecule has 0 unspecified atom stereocenters. The second kappa shape index (κ2) is 9.42. The molecule has 0 aliphatic carbocycles. The van der Waals surface area contributed by atoms with E-state index in [1.165, 1.54) is 4.31 Å². The molecule has 4 rings (SSSR count). The third kappa shape index (κ3) is 5.19. The predicted molar refractivity (Wildman–Crippen MR) is 115 cm³/mol. The normalized spacial score (nSPS) is 15.0. The van der Waals surface area contributed by atoms with Gasteiger partial charge in [-0.15, -0.1) is 0 Å². The van der Waals surface area contributed by atoms with Crippen LogP contribution in [-0.4, -0.2) is 54.7 Å². The van der Waals surface area contributed by atoms with Crippen LogP contribution in [-0.2, 0) is 27.8 Å². The van der Waals surface area contributed by atoms with Crippen molar-refractivity contribution >= 4 is 15.9 Å². The van der Waals surface area contributed by atoms with Gasteiger partial charge in [-0.25, -0.2) is 8.42 Å². The van der Waals surface area contributed by atoms with E-state index in [0.29, 0.717) is 45.0 Å². The third-order valence-electron chi connectivity index (χ3n) is 5.10. The molecule has 8 nitrogen and oxygen atoms in total. The summed E-state index contributed by atoms with van der Waals surface area (Å²) in [6.45, 7) is 2.50. The van der Waals surface area contributed by atoms with Gasteiger partial charge in [0, 0.05) is 37.6 Å². The Kier molecular flexibility index (Phi) is 6.45. The number of benzene rings is 2. The molecule has 2 aromatic carbocycles. The molecule has 0 bridgehead atoms. The summed E-state index contributed by atoms with van der Waals surface area (Å²) < 4.78 is 33.8. The van der Waals surface area contributed by atoms with E-state index in [0.717, 1.165) is 11.1 Å². The van der Waals surface area contributed by atoms with Crippen molar-refractivity contribution in [2.24, 2.45) is 0 Å². The predicted octanol–water partition coefficient (Wildman–Crippen LogP) is 1.88. The van der Waals surface area contributed by atoms with E-state index in [2.05, 4.69) is 10.4 Å². The van der Waals surface area contributed by atoms with E-state index >= 15 is 0 Å². The Morgan fingerprint density at radius 1 is 1.00 bits per heavy atom. The number of carbonyl (C=O) groups excluding carboxylic acids is 1. The van der Waals surface area contributed by atoms with Crippen molar-refractivity contribution in [1.29, 1.82) is 0 Å². The van der Waals surface area contributed by atoms with Crippen molar-refractivity contribution in [3.63, 3.8) is 0 Å². The zero-order chi connectivity index (χ0) is 21.7. The minimum absolute atomic E-state index is 0.185. The molecular formula is C22H24N4O4S. The average Bonchev–Trinajstić information content (AvgIpc) is 3.32. The maximum absolute atomic E-state index is 12.7. The van der Waals surface area contributed by atoms with E-state index < -0.39 is 10.0 Å². The van der Waals surface area contributed by atoms with Gasteiger partial charge in [0.05, 0.1) is 24.7 Å². The third-order valence-corrected chi connectivity index (χ3v) is 7.02. The molecule has 1 fully saturated rings. The number of aromatic nitrogens is 2. The first-order chi connectivity index (χ1) is 15.0. The fourth-order valence-electron chi connectivity index (χ4n) is 3.34. The minimum Gasteiger partial charge on any atom is -0.379 e. The van der Waals surface area contributed by atoms with Gasteiger partial charge in [-0.05, 0) is 41.5 Å². The van der Waals surface area contributed by atoms with Crippen LogP contribution in [0, 0.1) is 0 Å². The first-order valence-electron chi connectivity index (χ1n) is 10.0. The largest absolute Gasteiger partial charge is 0.379 e. The Morgan fingerprint density at radius 3 is 2.32 bits per heavy atom. The molecule has 0 atom stereocenters. The van der Waals surface area contributed by atoms with Gasteiger partial charge >= 0.3 is 0 Å². The summed E-state index contributed by atoms with van der Waals surface area (Å²) in [7, 11) is -3.52. The number of rotatable bonds is 7. The molecule has 1 aliphatic heterocycles. The topological polar surface area (TPSA) is 93.5 Å². The zero-order valence-corrected chi connectivity index (χ0v) is 17.8. The number of morpholine rings is 1. The lowest BCUT2D eigenvalue weighted by molar-refractivity contribution is 0.0730. The van der Waals surface area contributed by atoms with Crippen LogP contribution < -0.4 is 5.32 Å². The second-order valence-electron chi connectivity index (χ2n) is 7.24. The molecule has 1 saturated heterocycles. The summed E-state index contributed by atoms with van der Waals surface area (Å²) in [4.78, 5) is 12.7. The highest BCUT2D eigenvalue weighted by molar-refractivity contribution is 7.89. The molecule has 162 valence electrons. The van der Waals surface area contributed by atoms with Crippen molar-refractivity contribution in [2.75, 3.05) is 26.3 Å². The maximum Gasteiger partial charge on any atom is 0.251 e. The SMILES string of the molecule is O=C(NCc1ccc(S(=O)(=O)N2CCOCC2)cc1)c1ccc(Cn2cccn2)cc1. The monoisotopic (exact) mass is 440 g/mol. The van der Waals surface area contributed by atoms with Gasteiger partial charge in [-0.2, -0.15) is 9.40 Å². The van der Waals surface area contributed by atoms with Gasteiger partial charge in [0.1, 0.15) is 0 Å². The van der Waals surface area contributed by atoms with Crippen LogP contribution in [0.4, 0.5) is 0 Å². The van der Waals surface area contributed by atoms with Gasteiger partial charge in [0.25, 0.3) is 5.91 Å². The van der Waals surface area contributed by atoms with Crippen molar-refractivity contribution in [2.45, 2.75) is 18.0 Å². The number of amides is 1. The molecular weight excluding hydrogens is 416 g/mol. The summed E-state index contributed by atoms with van der Waals surface area (Å²) in [6.07, 6.45) is 3.62. The van der Waals surface area contributed by atoms with Crippen LogP contribution >= 0.6 is 0 Å². The first-order valence-corrected chi connectivity index (χ1v) is 11.5. The zero-order valence-electron chi connectivity index (χ0n) is 17.0. The standard InChI is InChI=1S/C22H24N4O4S/c27-22(20-6-2-19(3-7-20)17-25-11-1-10-24-25)23-16-18-4-8-21(9-5-18)31(28,29)26-12-14-30-15-13-26/h1-11H,12-17H2,(H,23,27). The number of sulfonamides is 1. The van der Waals surface area contributed by atoms with Gasteiger partial charge < -0.3 is 10.1 Å². The fourth-order valence-corrected chi connectivity index (χ4v) is 4.75. The van der Waals surface area contributed by atoms with Crippen molar-refractivity contribution < 1.29 is 17.9 Å². The number of nitrogens with zero attached hydrogens (tertiary/aromatic N) is 3. The lowest BCUT2D eigenvalue weighted by atomic mass is 10.1. The summed E-state index contributed by atoms with van der Waals surface area (Å²) in [5.41, 5.74) is 2.44. The Hall–Kier alpha value is -3.01. The smallest absolute Gasteiger partial charge is 0.251 e. The van der Waals surface area contributed by atoms with Crippen LogP contribution in [0.3, 0.4) is 0 Å². The Labute approximate surface area is 181 Å². The van der Waals surface area contributed by atoms with E-state index in [4.69, 9.17) is 4.74 Å². The average molecular weight is 441 g/mol. The molecule has 9 heteroatoms. The van der Waals surface area contributed by atoms with Gasteiger partial charge in [0.2, 0.25) is 10.0 Å². The first kappa shape index (κ1) is 21.2. The highest BCUT2D eigenvalue weighted by Gasteiger charge is 2.26. The van der Waals surface area contributed by atoms with Gasteiger partial charge in [-0.1, -0.05) is 24.3 Å². The van der Waals surface area contributed by atoms with E-state index in [9.17, 15) is 13.2 Å². The van der Waals surface area contributed by atoms with Crippen LogP contribution in [0.5, 0.6) is 0 Å². The molecule has 1 N–H and O–H groups in total. The molecule has 3 aromatic rings. The minimum atomic E-state index is -3.52. The second-order valence-corrected chi connectivity index (χ2v) is 9.18. The summed E-state index contributed by atoms with van der Waals surface area (Å²) >= 11 is 0. The molecule has 0 spiro atoms. The van der Waals surface area contributed by atoms with Crippen LogP contribution in [0.25, 0.3) is 0 Å². The maximum atomic E-state index is 12.7. The van der Waals surface area contributed by atoms with Crippen LogP contribution in [0.2, 0.25) is 0 Å². The van der Waals surface area contributed by atoms with Crippen molar-refractivity contribution in [3.05, 3.63) is 83.7 Å². The molecule has 1 aliphatic rings. The quantitative estimate of drug-likeness (QED) is 0.606. The summed E-state index contributed by atoms with van der Waals surface area (Å²) in [6, 6.07) is 15.9. The molecule has 0 saturated carbocycles.